The summed E-state index contributed by atoms with van der Waals surface area (Å²) in [5.41, 5.74) is 5.94. The summed E-state index contributed by atoms with van der Waals surface area (Å²) in [6, 6.07) is 5.10. The molecule has 0 saturated carbocycles. The van der Waals surface area contributed by atoms with Crippen LogP contribution in [0.15, 0.2) is 29.4 Å². The average molecular weight is 221 g/mol. The third-order valence-corrected chi connectivity index (χ3v) is 1.86. The summed E-state index contributed by atoms with van der Waals surface area (Å²) in [6.45, 7) is 0.629. The highest BCUT2D eigenvalue weighted by Gasteiger charge is 2.00. The number of aromatic nitrogens is 1. The van der Waals surface area contributed by atoms with Gasteiger partial charge in [-0.2, -0.15) is 0 Å². The normalized spacial score (nSPS) is 10.9. The Morgan fingerprint density at radius 2 is 2.38 bits per heavy atom. The molecule has 0 aliphatic rings. The van der Waals surface area contributed by atoms with Crippen LogP contribution in [-0.4, -0.2) is 30.6 Å². The number of hydrogen-bond donors (Lipinski definition) is 3. The lowest BCUT2D eigenvalue weighted by Crippen LogP contribution is -2.44. The SMILES string of the molecule is CN=C(NCCc1ccccn1)NC(N)=O. The minimum Gasteiger partial charge on any atom is -0.356 e. The molecule has 0 fully saturated rings. The summed E-state index contributed by atoms with van der Waals surface area (Å²) in [5.74, 6) is 0.364. The fraction of sp³-hybridized carbons (Fsp3) is 0.300. The molecule has 2 amide bonds. The minimum atomic E-state index is -0.633. The number of nitrogens with two attached hydrogens (primary N) is 1. The van der Waals surface area contributed by atoms with Crippen LogP contribution in [0.25, 0.3) is 0 Å². The third-order valence-electron chi connectivity index (χ3n) is 1.86. The van der Waals surface area contributed by atoms with Crippen LogP contribution in [0.3, 0.4) is 0 Å². The Labute approximate surface area is 94.0 Å². The number of nitrogens with zero attached hydrogens (tertiary/aromatic N) is 2. The number of urea groups is 1. The quantitative estimate of drug-likeness (QED) is 0.490. The van der Waals surface area contributed by atoms with E-state index in [4.69, 9.17) is 5.73 Å². The van der Waals surface area contributed by atoms with E-state index in [1.165, 1.54) is 0 Å². The van der Waals surface area contributed by atoms with Gasteiger partial charge in [-0.25, -0.2) is 4.79 Å². The first-order chi connectivity index (χ1) is 7.72. The van der Waals surface area contributed by atoms with Gasteiger partial charge in [0.05, 0.1) is 0 Å². The number of nitrogens with one attached hydrogen (secondary N) is 2. The maximum absolute atomic E-state index is 10.6. The van der Waals surface area contributed by atoms with Crippen LogP contribution >= 0.6 is 0 Å². The smallest absolute Gasteiger partial charge is 0.318 e. The molecular weight excluding hydrogens is 206 g/mol. The van der Waals surface area contributed by atoms with Crippen molar-refractivity contribution in [1.29, 1.82) is 0 Å². The number of hydrogen-bond acceptors (Lipinski definition) is 3. The standard InChI is InChI=1S/C10H15N5O/c1-12-10(15-9(11)16)14-7-5-8-4-2-3-6-13-8/h2-4,6H,5,7H2,1H3,(H4,11,12,14,15,16). The van der Waals surface area contributed by atoms with Crippen LogP contribution in [0.5, 0.6) is 0 Å². The predicted molar refractivity (Wildman–Crippen MR) is 62.0 cm³/mol. The fourth-order valence-electron chi connectivity index (χ4n) is 1.15. The Morgan fingerprint density at radius 3 is 2.94 bits per heavy atom. The van der Waals surface area contributed by atoms with Gasteiger partial charge in [-0.05, 0) is 12.1 Å². The highest BCUT2D eigenvalue weighted by molar-refractivity contribution is 5.95. The highest BCUT2D eigenvalue weighted by atomic mass is 16.2. The monoisotopic (exact) mass is 221 g/mol. The summed E-state index contributed by atoms with van der Waals surface area (Å²) in [5, 5.41) is 5.32. The van der Waals surface area contributed by atoms with Crippen molar-refractivity contribution in [2.75, 3.05) is 13.6 Å². The van der Waals surface area contributed by atoms with Gasteiger partial charge in [0, 0.05) is 31.9 Å². The van der Waals surface area contributed by atoms with Gasteiger partial charge in [0.1, 0.15) is 0 Å². The van der Waals surface area contributed by atoms with E-state index in [1.807, 2.05) is 18.2 Å². The molecule has 1 aromatic rings. The molecule has 6 heteroatoms. The van der Waals surface area contributed by atoms with Gasteiger partial charge in [-0.3, -0.25) is 15.3 Å². The average Bonchev–Trinajstić information content (AvgIpc) is 2.28. The van der Waals surface area contributed by atoms with Crippen molar-refractivity contribution < 1.29 is 4.79 Å². The third kappa shape index (κ3) is 4.41. The Kier molecular flexibility index (Phi) is 4.78. The summed E-state index contributed by atoms with van der Waals surface area (Å²) >= 11 is 0. The number of pyridine rings is 1. The van der Waals surface area contributed by atoms with Crippen molar-refractivity contribution in [3.63, 3.8) is 0 Å². The van der Waals surface area contributed by atoms with Crippen molar-refractivity contribution >= 4 is 12.0 Å². The van der Waals surface area contributed by atoms with Gasteiger partial charge in [-0.1, -0.05) is 6.07 Å². The number of rotatable bonds is 3. The van der Waals surface area contributed by atoms with Crippen molar-refractivity contribution in [3.8, 4) is 0 Å². The fourth-order valence-corrected chi connectivity index (χ4v) is 1.15. The largest absolute Gasteiger partial charge is 0.356 e. The molecule has 1 aromatic heterocycles. The predicted octanol–water partition coefficient (Wildman–Crippen LogP) is -0.132. The molecule has 0 spiro atoms. The molecule has 1 rings (SSSR count). The Bertz CT molecular complexity index is 363. The van der Waals surface area contributed by atoms with Gasteiger partial charge in [0.2, 0.25) is 0 Å². The molecule has 86 valence electrons. The van der Waals surface area contributed by atoms with Crippen molar-refractivity contribution in [1.82, 2.24) is 15.6 Å². The maximum atomic E-state index is 10.6. The Hall–Kier alpha value is -2.11. The van der Waals surface area contributed by atoms with Crippen LogP contribution in [0.1, 0.15) is 5.69 Å². The summed E-state index contributed by atoms with van der Waals surface area (Å²) < 4.78 is 0. The van der Waals surface area contributed by atoms with Crippen LogP contribution in [-0.2, 0) is 6.42 Å². The van der Waals surface area contributed by atoms with Crippen molar-refractivity contribution in [2.45, 2.75) is 6.42 Å². The van der Waals surface area contributed by atoms with E-state index in [9.17, 15) is 4.79 Å². The number of carbonyl (C=O) groups excluding carboxylic acids is 1. The molecule has 4 N–H and O–H groups in total. The lowest BCUT2D eigenvalue weighted by Gasteiger charge is -2.08. The second-order valence-corrected chi connectivity index (χ2v) is 3.06. The summed E-state index contributed by atoms with van der Waals surface area (Å²) in [6.07, 6.45) is 2.49. The molecule has 0 aliphatic carbocycles. The molecule has 6 nitrogen and oxygen atoms in total. The number of amides is 2. The lowest BCUT2D eigenvalue weighted by molar-refractivity contribution is 0.253. The van der Waals surface area contributed by atoms with Crippen LogP contribution in [0, 0.1) is 0 Å². The van der Waals surface area contributed by atoms with E-state index in [0.717, 1.165) is 12.1 Å². The Balaban J connectivity index is 2.32. The molecule has 0 saturated heterocycles. The highest BCUT2D eigenvalue weighted by Crippen LogP contribution is 1.92. The maximum Gasteiger partial charge on any atom is 0.318 e. The van der Waals surface area contributed by atoms with E-state index in [1.54, 1.807) is 13.2 Å². The van der Waals surface area contributed by atoms with Gasteiger partial charge in [0.15, 0.2) is 5.96 Å². The Morgan fingerprint density at radius 1 is 1.56 bits per heavy atom. The second-order valence-electron chi connectivity index (χ2n) is 3.06. The number of primary amides is 1. The molecule has 0 aromatic carbocycles. The van der Waals surface area contributed by atoms with E-state index in [2.05, 4.69) is 20.6 Å². The van der Waals surface area contributed by atoms with E-state index < -0.39 is 6.03 Å². The molecule has 0 bridgehead atoms. The molecule has 0 aliphatic heterocycles. The van der Waals surface area contributed by atoms with Gasteiger partial charge in [0.25, 0.3) is 0 Å². The summed E-state index contributed by atoms with van der Waals surface area (Å²) in [4.78, 5) is 18.6. The molecule has 1 heterocycles. The first-order valence-corrected chi connectivity index (χ1v) is 4.89. The van der Waals surface area contributed by atoms with Crippen molar-refractivity contribution in [3.05, 3.63) is 30.1 Å². The minimum absolute atomic E-state index is 0.364. The molecule has 0 unspecified atom stereocenters. The van der Waals surface area contributed by atoms with Gasteiger partial charge < -0.3 is 11.1 Å². The zero-order valence-electron chi connectivity index (χ0n) is 9.10. The summed E-state index contributed by atoms with van der Waals surface area (Å²) in [7, 11) is 1.57. The number of guanidine groups is 1. The second kappa shape index (κ2) is 6.39. The topological polar surface area (TPSA) is 92.4 Å². The molecule has 0 radical (unpaired) electrons. The van der Waals surface area contributed by atoms with E-state index in [0.29, 0.717) is 12.5 Å². The van der Waals surface area contributed by atoms with E-state index >= 15 is 0 Å². The first kappa shape index (κ1) is 12.0. The molecular formula is C10H15N5O. The van der Waals surface area contributed by atoms with Gasteiger partial charge in [-0.15, -0.1) is 0 Å². The van der Waals surface area contributed by atoms with Gasteiger partial charge >= 0.3 is 6.03 Å². The number of carbonyl (C=O) groups is 1. The lowest BCUT2D eigenvalue weighted by atomic mass is 10.3. The van der Waals surface area contributed by atoms with Crippen LogP contribution < -0.4 is 16.4 Å². The zero-order valence-corrected chi connectivity index (χ0v) is 9.10. The zero-order chi connectivity index (χ0) is 11.8. The van der Waals surface area contributed by atoms with Crippen molar-refractivity contribution in [2.24, 2.45) is 10.7 Å². The van der Waals surface area contributed by atoms with Crippen LogP contribution in [0.4, 0.5) is 4.79 Å². The molecule has 16 heavy (non-hydrogen) atoms. The first-order valence-electron chi connectivity index (χ1n) is 4.89. The van der Waals surface area contributed by atoms with E-state index in [-0.39, 0.29) is 0 Å². The number of aliphatic imine (C=N–C) groups is 1. The van der Waals surface area contributed by atoms with Crippen LogP contribution in [0.2, 0.25) is 0 Å². The molecule has 0 atom stereocenters.